The molecule has 130 valence electrons. The van der Waals surface area contributed by atoms with Gasteiger partial charge in [0.05, 0.1) is 6.61 Å². The molecule has 0 bridgehead atoms. The van der Waals surface area contributed by atoms with E-state index < -0.39 is 13.9 Å². The molecule has 1 heterocycles. The number of rotatable bonds is 3. The SMILES string of the molecule is CC(C)(C)OC(=O)N1CCNC(CO[Si](C)(C)C(C)(C)C)C1. The van der Waals surface area contributed by atoms with Crippen molar-refractivity contribution in [2.45, 2.75) is 71.3 Å². The molecule has 1 N–H and O–H groups in total. The van der Waals surface area contributed by atoms with E-state index in [1.807, 2.05) is 20.8 Å². The first kappa shape index (κ1) is 19.5. The highest BCUT2D eigenvalue weighted by atomic mass is 28.4. The molecule has 0 spiro atoms. The van der Waals surface area contributed by atoms with Crippen molar-refractivity contribution in [2.24, 2.45) is 0 Å². The zero-order valence-corrected chi connectivity index (χ0v) is 16.6. The average molecular weight is 331 g/mol. The first-order valence-electron chi connectivity index (χ1n) is 8.17. The quantitative estimate of drug-likeness (QED) is 0.807. The largest absolute Gasteiger partial charge is 0.444 e. The second-order valence-electron chi connectivity index (χ2n) is 8.65. The van der Waals surface area contributed by atoms with Crippen molar-refractivity contribution in [2.75, 3.05) is 26.2 Å². The van der Waals surface area contributed by atoms with Crippen molar-refractivity contribution in [1.29, 1.82) is 0 Å². The van der Waals surface area contributed by atoms with Gasteiger partial charge in [-0.05, 0) is 38.9 Å². The van der Waals surface area contributed by atoms with Crippen LogP contribution >= 0.6 is 0 Å². The van der Waals surface area contributed by atoms with Crippen molar-refractivity contribution in [3.63, 3.8) is 0 Å². The Hall–Kier alpha value is -0.593. The predicted octanol–water partition coefficient (Wildman–Crippen LogP) is 3.22. The Morgan fingerprint density at radius 3 is 2.32 bits per heavy atom. The van der Waals surface area contributed by atoms with Crippen LogP contribution in [0.5, 0.6) is 0 Å². The molecule has 6 heteroatoms. The van der Waals surface area contributed by atoms with Gasteiger partial charge in [-0.1, -0.05) is 20.8 Å². The molecule has 0 aliphatic carbocycles. The summed E-state index contributed by atoms with van der Waals surface area (Å²) in [5.41, 5.74) is -0.449. The maximum Gasteiger partial charge on any atom is 0.410 e. The predicted molar refractivity (Wildman–Crippen MR) is 92.7 cm³/mol. The van der Waals surface area contributed by atoms with Gasteiger partial charge in [0, 0.05) is 25.7 Å². The highest BCUT2D eigenvalue weighted by molar-refractivity contribution is 6.74. The van der Waals surface area contributed by atoms with Crippen molar-refractivity contribution < 1.29 is 14.0 Å². The topological polar surface area (TPSA) is 50.8 Å². The van der Waals surface area contributed by atoms with Gasteiger partial charge in [0.15, 0.2) is 8.32 Å². The molecule has 1 aliphatic rings. The zero-order valence-electron chi connectivity index (χ0n) is 15.6. The lowest BCUT2D eigenvalue weighted by Gasteiger charge is -2.39. The number of hydrogen-bond donors (Lipinski definition) is 1. The molecule has 0 aromatic heterocycles. The molecule has 0 radical (unpaired) electrons. The van der Waals surface area contributed by atoms with Gasteiger partial charge in [0.25, 0.3) is 0 Å². The third kappa shape index (κ3) is 5.89. The first-order valence-corrected chi connectivity index (χ1v) is 11.1. The zero-order chi connectivity index (χ0) is 17.2. The molecular formula is C16H34N2O3Si. The lowest BCUT2D eigenvalue weighted by Crippen LogP contribution is -2.56. The van der Waals surface area contributed by atoms with Gasteiger partial charge in [-0.3, -0.25) is 0 Å². The molecular weight excluding hydrogens is 296 g/mol. The Balaban J connectivity index is 2.52. The summed E-state index contributed by atoms with van der Waals surface area (Å²) in [5, 5.41) is 3.64. The summed E-state index contributed by atoms with van der Waals surface area (Å²) < 4.78 is 11.7. The maximum atomic E-state index is 12.2. The molecule has 1 fully saturated rings. The number of ether oxygens (including phenoxy) is 1. The van der Waals surface area contributed by atoms with Crippen LogP contribution in [0, 0.1) is 0 Å². The van der Waals surface area contributed by atoms with Gasteiger partial charge in [-0.15, -0.1) is 0 Å². The van der Waals surface area contributed by atoms with Gasteiger partial charge in [-0.2, -0.15) is 0 Å². The standard InChI is InChI=1S/C16H34N2O3Si/c1-15(2,3)21-14(19)18-10-9-17-13(11-18)12-20-22(7,8)16(4,5)6/h13,17H,9-12H2,1-8H3. The van der Waals surface area contributed by atoms with Crippen LogP contribution in [0.1, 0.15) is 41.5 Å². The highest BCUT2D eigenvalue weighted by Gasteiger charge is 2.38. The Labute approximate surface area is 136 Å². The molecule has 1 saturated heterocycles. The number of nitrogens with one attached hydrogen (secondary N) is 1. The molecule has 1 atom stereocenters. The van der Waals surface area contributed by atoms with E-state index in [4.69, 9.17) is 9.16 Å². The lowest BCUT2D eigenvalue weighted by molar-refractivity contribution is 0.0176. The maximum absolute atomic E-state index is 12.2. The number of hydrogen-bond acceptors (Lipinski definition) is 4. The minimum absolute atomic E-state index is 0.176. The van der Waals surface area contributed by atoms with E-state index in [-0.39, 0.29) is 17.2 Å². The van der Waals surface area contributed by atoms with E-state index in [9.17, 15) is 4.79 Å². The van der Waals surface area contributed by atoms with E-state index in [1.165, 1.54) is 0 Å². The van der Waals surface area contributed by atoms with Gasteiger partial charge in [0.1, 0.15) is 5.60 Å². The van der Waals surface area contributed by atoms with E-state index in [0.717, 1.165) is 6.54 Å². The number of carbonyl (C=O) groups excluding carboxylic acids is 1. The molecule has 1 rings (SSSR count). The highest BCUT2D eigenvalue weighted by Crippen LogP contribution is 2.36. The summed E-state index contributed by atoms with van der Waals surface area (Å²) in [6.45, 7) is 19.7. The van der Waals surface area contributed by atoms with Gasteiger partial charge >= 0.3 is 6.09 Å². The molecule has 0 saturated carbocycles. The molecule has 1 amide bonds. The smallest absolute Gasteiger partial charge is 0.410 e. The van der Waals surface area contributed by atoms with Crippen LogP contribution in [0.3, 0.4) is 0 Å². The van der Waals surface area contributed by atoms with Gasteiger partial charge < -0.3 is 19.4 Å². The fourth-order valence-corrected chi connectivity index (χ4v) is 3.01. The van der Waals surface area contributed by atoms with Crippen LogP contribution in [0.15, 0.2) is 0 Å². The average Bonchev–Trinajstić information content (AvgIpc) is 2.33. The number of nitrogens with zero attached hydrogens (tertiary/aromatic N) is 1. The Morgan fingerprint density at radius 2 is 1.82 bits per heavy atom. The first-order chi connectivity index (χ1) is 9.82. The third-order valence-electron chi connectivity index (χ3n) is 4.36. The number of amides is 1. The lowest BCUT2D eigenvalue weighted by atomic mass is 10.2. The van der Waals surface area contributed by atoms with Crippen LogP contribution in [-0.2, 0) is 9.16 Å². The molecule has 5 nitrogen and oxygen atoms in total. The second-order valence-corrected chi connectivity index (χ2v) is 13.5. The van der Waals surface area contributed by atoms with Crippen LogP contribution in [0.2, 0.25) is 18.1 Å². The summed E-state index contributed by atoms with van der Waals surface area (Å²) >= 11 is 0. The molecule has 0 aromatic rings. The Morgan fingerprint density at radius 1 is 1.23 bits per heavy atom. The van der Waals surface area contributed by atoms with Crippen molar-refractivity contribution >= 4 is 14.4 Å². The molecule has 22 heavy (non-hydrogen) atoms. The summed E-state index contributed by atoms with van der Waals surface area (Å²) in [4.78, 5) is 13.9. The number of piperazine rings is 1. The van der Waals surface area contributed by atoms with Gasteiger partial charge in [-0.25, -0.2) is 4.79 Å². The normalized spacial score (nSPS) is 20.9. The fourth-order valence-electron chi connectivity index (χ4n) is 1.95. The summed E-state index contributed by atoms with van der Waals surface area (Å²) in [6, 6.07) is 0.176. The fraction of sp³-hybridized carbons (Fsp3) is 0.938. The summed E-state index contributed by atoms with van der Waals surface area (Å²) in [5.74, 6) is 0. The van der Waals surface area contributed by atoms with Crippen LogP contribution in [0.4, 0.5) is 4.79 Å². The van der Waals surface area contributed by atoms with Crippen LogP contribution < -0.4 is 5.32 Å². The van der Waals surface area contributed by atoms with E-state index in [2.05, 4.69) is 39.2 Å². The monoisotopic (exact) mass is 330 g/mol. The van der Waals surface area contributed by atoms with E-state index >= 15 is 0 Å². The van der Waals surface area contributed by atoms with Crippen LogP contribution in [-0.4, -0.2) is 57.2 Å². The molecule has 1 aliphatic heterocycles. The minimum atomic E-state index is -1.75. The number of carbonyl (C=O) groups is 1. The minimum Gasteiger partial charge on any atom is -0.444 e. The second kappa shape index (κ2) is 6.89. The van der Waals surface area contributed by atoms with Crippen molar-refractivity contribution in [3.8, 4) is 0 Å². The van der Waals surface area contributed by atoms with Crippen LogP contribution in [0.25, 0.3) is 0 Å². The molecule has 0 aromatic carbocycles. The van der Waals surface area contributed by atoms with Gasteiger partial charge in [0.2, 0.25) is 0 Å². The Kier molecular flexibility index (Phi) is 6.09. The third-order valence-corrected chi connectivity index (χ3v) is 8.86. The summed E-state index contributed by atoms with van der Waals surface area (Å²) in [6.07, 6.45) is -0.230. The van der Waals surface area contributed by atoms with Crippen molar-refractivity contribution in [1.82, 2.24) is 10.2 Å². The molecule has 1 unspecified atom stereocenters. The van der Waals surface area contributed by atoms with E-state index in [1.54, 1.807) is 4.90 Å². The Bertz CT molecular complexity index is 386. The summed E-state index contributed by atoms with van der Waals surface area (Å²) in [7, 11) is -1.75. The van der Waals surface area contributed by atoms with E-state index in [0.29, 0.717) is 19.7 Å². The van der Waals surface area contributed by atoms with Crippen molar-refractivity contribution in [3.05, 3.63) is 0 Å².